The largest absolute Gasteiger partial charge is 0.497 e. The Bertz CT molecular complexity index is 954. The average molecular weight is 362 g/mol. The van der Waals surface area contributed by atoms with Crippen molar-refractivity contribution in [1.82, 2.24) is 9.97 Å². The molecule has 2 aromatic carbocycles. The fourth-order valence-corrected chi connectivity index (χ4v) is 2.33. The molecule has 136 valence electrons. The Hall–Kier alpha value is -3.74. The van der Waals surface area contributed by atoms with E-state index in [1.807, 2.05) is 24.3 Å². The molecular weight excluding hydrogens is 344 g/mol. The minimum Gasteiger partial charge on any atom is -0.497 e. The van der Waals surface area contributed by atoms with E-state index in [9.17, 15) is 9.59 Å². The Morgan fingerprint density at radius 2 is 1.63 bits per heavy atom. The molecule has 0 aliphatic rings. The first kappa shape index (κ1) is 18.1. The second kappa shape index (κ2) is 8.09. The second-order valence-corrected chi connectivity index (χ2v) is 5.74. The number of nitrogens with zero attached hydrogens (tertiary/aromatic N) is 2. The highest BCUT2D eigenvalue weighted by Crippen LogP contribution is 2.19. The summed E-state index contributed by atoms with van der Waals surface area (Å²) in [4.78, 5) is 31.9. The zero-order valence-corrected chi connectivity index (χ0v) is 14.9. The van der Waals surface area contributed by atoms with Gasteiger partial charge in [-0.3, -0.25) is 9.59 Å². The molecule has 27 heavy (non-hydrogen) atoms. The van der Waals surface area contributed by atoms with Crippen LogP contribution >= 0.6 is 0 Å². The van der Waals surface area contributed by atoms with Gasteiger partial charge in [0.15, 0.2) is 5.78 Å². The van der Waals surface area contributed by atoms with Crippen molar-refractivity contribution in [1.29, 1.82) is 0 Å². The Morgan fingerprint density at radius 3 is 2.26 bits per heavy atom. The third kappa shape index (κ3) is 4.66. The number of nitrogens with one attached hydrogen (secondary N) is 2. The van der Waals surface area contributed by atoms with Gasteiger partial charge in [0.25, 0.3) is 5.91 Å². The predicted molar refractivity (Wildman–Crippen MR) is 103 cm³/mol. The fraction of sp³-hybridized carbons (Fsp3) is 0.100. The molecule has 7 nitrogen and oxygen atoms in total. The van der Waals surface area contributed by atoms with Crippen LogP contribution in [0.4, 0.5) is 17.3 Å². The number of carbonyl (C=O) groups is 2. The van der Waals surface area contributed by atoms with Crippen LogP contribution in [0.3, 0.4) is 0 Å². The van der Waals surface area contributed by atoms with E-state index < -0.39 is 0 Å². The summed E-state index contributed by atoms with van der Waals surface area (Å²) in [6.45, 7) is 1.49. The molecule has 0 unspecified atom stereocenters. The predicted octanol–water partition coefficient (Wildman–Crippen LogP) is 3.68. The molecule has 0 saturated carbocycles. The highest BCUT2D eigenvalue weighted by atomic mass is 16.5. The van der Waals surface area contributed by atoms with Crippen molar-refractivity contribution in [3.05, 3.63) is 72.1 Å². The zero-order valence-electron chi connectivity index (χ0n) is 14.9. The van der Waals surface area contributed by atoms with Crippen molar-refractivity contribution in [2.45, 2.75) is 6.92 Å². The van der Waals surface area contributed by atoms with Crippen LogP contribution < -0.4 is 15.4 Å². The number of ether oxygens (including phenoxy) is 1. The summed E-state index contributed by atoms with van der Waals surface area (Å²) in [6, 6.07) is 14.0. The monoisotopic (exact) mass is 362 g/mol. The van der Waals surface area contributed by atoms with Gasteiger partial charge in [0.2, 0.25) is 5.95 Å². The maximum absolute atomic E-state index is 12.3. The number of amides is 1. The highest BCUT2D eigenvalue weighted by molar-refractivity contribution is 6.04. The fourth-order valence-electron chi connectivity index (χ4n) is 2.33. The van der Waals surface area contributed by atoms with E-state index in [0.29, 0.717) is 28.5 Å². The minimum absolute atomic E-state index is 0.0274. The smallest absolute Gasteiger partial charge is 0.258 e. The number of rotatable bonds is 6. The van der Waals surface area contributed by atoms with E-state index in [1.54, 1.807) is 31.4 Å². The van der Waals surface area contributed by atoms with Crippen LogP contribution in [0.1, 0.15) is 27.6 Å². The molecule has 1 heterocycles. The lowest BCUT2D eigenvalue weighted by atomic mass is 10.1. The first-order valence-corrected chi connectivity index (χ1v) is 8.20. The molecule has 0 saturated heterocycles. The van der Waals surface area contributed by atoms with Gasteiger partial charge in [-0.25, -0.2) is 9.97 Å². The number of carbonyl (C=O) groups excluding carboxylic acids is 2. The van der Waals surface area contributed by atoms with E-state index in [2.05, 4.69) is 20.6 Å². The standard InChI is InChI=1S/C20H18N4O3/c1-13(25)14-6-8-16(9-7-14)23-19(26)15-11-21-20(22-12-15)24-17-4-3-5-18(10-17)27-2/h3-12H,1-2H3,(H,23,26)(H,21,22,24). The third-order valence-electron chi connectivity index (χ3n) is 3.79. The summed E-state index contributed by atoms with van der Waals surface area (Å²) in [5, 5.41) is 5.79. The van der Waals surface area contributed by atoms with Gasteiger partial charge in [-0.15, -0.1) is 0 Å². The topological polar surface area (TPSA) is 93.2 Å². The first-order chi connectivity index (χ1) is 13.0. The summed E-state index contributed by atoms with van der Waals surface area (Å²) < 4.78 is 5.17. The lowest BCUT2D eigenvalue weighted by molar-refractivity contribution is 0.101. The van der Waals surface area contributed by atoms with Crippen molar-refractivity contribution in [3.63, 3.8) is 0 Å². The molecule has 0 bridgehead atoms. The molecule has 0 aliphatic carbocycles. The second-order valence-electron chi connectivity index (χ2n) is 5.74. The number of hydrogen-bond donors (Lipinski definition) is 2. The van der Waals surface area contributed by atoms with E-state index >= 15 is 0 Å². The van der Waals surface area contributed by atoms with Crippen LogP contribution in [-0.4, -0.2) is 28.8 Å². The van der Waals surface area contributed by atoms with Crippen LogP contribution in [0.2, 0.25) is 0 Å². The van der Waals surface area contributed by atoms with Crippen molar-refractivity contribution in [3.8, 4) is 5.75 Å². The first-order valence-electron chi connectivity index (χ1n) is 8.20. The summed E-state index contributed by atoms with van der Waals surface area (Å²) in [6.07, 6.45) is 2.88. The lowest BCUT2D eigenvalue weighted by Gasteiger charge is -2.08. The van der Waals surface area contributed by atoms with Gasteiger partial charge in [-0.05, 0) is 43.3 Å². The van der Waals surface area contributed by atoms with Gasteiger partial charge < -0.3 is 15.4 Å². The van der Waals surface area contributed by atoms with Gasteiger partial charge in [-0.1, -0.05) is 6.07 Å². The zero-order chi connectivity index (χ0) is 19.2. The molecule has 0 atom stereocenters. The van der Waals surface area contributed by atoms with Gasteiger partial charge >= 0.3 is 0 Å². The molecule has 0 spiro atoms. The van der Waals surface area contributed by atoms with E-state index in [0.717, 1.165) is 5.69 Å². The number of Topliss-reactive ketones (excluding diaryl/α,β-unsaturated/α-hetero) is 1. The van der Waals surface area contributed by atoms with E-state index in [-0.39, 0.29) is 11.7 Å². The molecule has 1 aromatic heterocycles. The normalized spacial score (nSPS) is 10.1. The third-order valence-corrected chi connectivity index (χ3v) is 3.79. The summed E-state index contributed by atoms with van der Waals surface area (Å²) in [5.41, 5.74) is 2.27. The van der Waals surface area contributed by atoms with Gasteiger partial charge in [-0.2, -0.15) is 0 Å². The van der Waals surface area contributed by atoms with Crippen LogP contribution in [0.5, 0.6) is 5.75 Å². The van der Waals surface area contributed by atoms with Crippen LogP contribution in [0.25, 0.3) is 0 Å². The van der Waals surface area contributed by atoms with Crippen LogP contribution in [-0.2, 0) is 0 Å². The molecule has 0 radical (unpaired) electrons. The Labute approximate surface area is 156 Å². The van der Waals surface area contributed by atoms with Crippen LogP contribution in [0, 0.1) is 0 Å². The van der Waals surface area contributed by atoms with E-state index in [4.69, 9.17) is 4.74 Å². The number of ketones is 1. The maximum atomic E-state index is 12.3. The molecule has 2 N–H and O–H groups in total. The molecule has 0 aliphatic heterocycles. The van der Waals surface area contributed by atoms with Gasteiger partial charge in [0.1, 0.15) is 5.75 Å². The summed E-state index contributed by atoms with van der Waals surface area (Å²) in [5.74, 6) is 0.719. The Kier molecular flexibility index (Phi) is 5.41. The average Bonchev–Trinajstić information content (AvgIpc) is 2.69. The Morgan fingerprint density at radius 1 is 0.926 bits per heavy atom. The van der Waals surface area contributed by atoms with Gasteiger partial charge in [0, 0.05) is 35.4 Å². The molecule has 0 fully saturated rings. The highest BCUT2D eigenvalue weighted by Gasteiger charge is 2.09. The summed E-state index contributed by atoms with van der Waals surface area (Å²) in [7, 11) is 1.59. The number of methoxy groups -OCH3 is 1. The van der Waals surface area contributed by atoms with Crippen molar-refractivity contribution in [2.75, 3.05) is 17.7 Å². The molecule has 1 amide bonds. The van der Waals surface area contributed by atoms with Gasteiger partial charge in [0.05, 0.1) is 12.7 Å². The molecule has 3 rings (SSSR count). The Balaban J connectivity index is 1.65. The number of hydrogen-bond acceptors (Lipinski definition) is 6. The summed E-state index contributed by atoms with van der Waals surface area (Å²) >= 11 is 0. The number of anilines is 3. The maximum Gasteiger partial charge on any atom is 0.258 e. The lowest BCUT2D eigenvalue weighted by Crippen LogP contribution is -2.13. The molecular formula is C20H18N4O3. The number of benzene rings is 2. The molecule has 7 heteroatoms. The number of aromatic nitrogens is 2. The molecule has 3 aromatic rings. The van der Waals surface area contributed by atoms with E-state index in [1.165, 1.54) is 19.3 Å². The minimum atomic E-state index is -0.335. The quantitative estimate of drug-likeness (QED) is 0.650. The SMILES string of the molecule is COc1cccc(Nc2ncc(C(=O)Nc3ccc(C(C)=O)cc3)cn2)c1. The van der Waals surface area contributed by atoms with Crippen molar-refractivity contribution in [2.24, 2.45) is 0 Å². The van der Waals surface area contributed by atoms with Crippen LogP contribution in [0.15, 0.2) is 60.9 Å². The van der Waals surface area contributed by atoms with Crippen molar-refractivity contribution >= 4 is 29.0 Å². The van der Waals surface area contributed by atoms with Crippen molar-refractivity contribution < 1.29 is 14.3 Å².